The van der Waals surface area contributed by atoms with Crippen LogP contribution in [0.4, 0.5) is 13.2 Å². The van der Waals surface area contributed by atoms with E-state index in [0.717, 1.165) is 17.1 Å². The fraction of sp³-hybridized carbons (Fsp3) is 0.350. The first-order valence-corrected chi connectivity index (χ1v) is 11.4. The Hall–Kier alpha value is -3.19. The number of alkyl halides is 3. The molecule has 0 saturated heterocycles. The minimum atomic E-state index is -4.96. The normalized spacial score (nSPS) is 15.0. The summed E-state index contributed by atoms with van der Waals surface area (Å²) in [7, 11) is -4.66. The largest absolute Gasteiger partial charge is 0.436 e. The number of fused-ring (bicyclic) bond motifs is 1. The molecule has 9 nitrogen and oxygen atoms in total. The third-order valence-corrected chi connectivity index (χ3v) is 6.93. The molecule has 3 aromatic rings. The summed E-state index contributed by atoms with van der Waals surface area (Å²) >= 11 is 0. The van der Waals surface area contributed by atoms with Gasteiger partial charge in [-0.3, -0.25) is 9.48 Å². The predicted molar refractivity (Wildman–Crippen MR) is 108 cm³/mol. The van der Waals surface area contributed by atoms with Crippen LogP contribution in [-0.2, 0) is 40.6 Å². The van der Waals surface area contributed by atoms with Gasteiger partial charge in [-0.05, 0) is 12.5 Å². The highest BCUT2D eigenvalue weighted by Gasteiger charge is 2.42. The summed E-state index contributed by atoms with van der Waals surface area (Å²) < 4.78 is 67.3. The molecule has 0 spiro atoms. The topological polar surface area (TPSA) is 110 Å². The number of rotatable bonds is 6. The summed E-state index contributed by atoms with van der Waals surface area (Å²) in [6.45, 7) is 1.17. The second kappa shape index (κ2) is 8.30. The van der Waals surface area contributed by atoms with Crippen LogP contribution in [0.15, 0.2) is 47.6 Å². The van der Waals surface area contributed by atoms with Crippen molar-refractivity contribution in [3.8, 4) is 0 Å². The number of aliphatic hydroxyl groups excluding tert-OH is 1. The number of benzene rings is 1. The first kappa shape index (κ1) is 23.0. The van der Waals surface area contributed by atoms with Crippen molar-refractivity contribution < 1.29 is 31.5 Å². The van der Waals surface area contributed by atoms with Crippen LogP contribution in [0.25, 0.3) is 0 Å². The van der Waals surface area contributed by atoms with E-state index >= 15 is 0 Å². The summed E-state index contributed by atoms with van der Waals surface area (Å²) in [5, 5.41) is 17.0. The van der Waals surface area contributed by atoms with Crippen LogP contribution in [0.1, 0.15) is 35.4 Å². The zero-order valence-corrected chi connectivity index (χ0v) is 18.2. The molecule has 2 aromatic heterocycles. The number of hydrogen-bond acceptors (Lipinski definition) is 6. The zero-order chi connectivity index (χ0) is 24.0. The highest BCUT2D eigenvalue weighted by atomic mass is 32.2. The second-order valence-electron chi connectivity index (χ2n) is 7.51. The Bertz CT molecular complexity index is 1260. The molecular weight excluding hydrogens is 463 g/mol. The Balaban J connectivity index is 1.59. The third kappa shape index (κ3) is 4.13. The maximum absolute atomic E-state index is 13.4. The SMILES string of the molecule is CCn1cc(S(=O)(=O)n2cc3c(n2)CN(C(=O)[C@H](CO)c2ccccc2)C3)c(C(F)(F)F)n1. The molecule has 0 saturated carbocycles. The summed E-state index contributed by atoms with van der Waals surface area (Å²) in [4.78, 5) is 13.3. The first-order valence-electron chi connectivity index (χ1n) is 9.98. The fourth-order valence-electron chi connectivity index (χ4n) is 3.69. The highest BCUT2D eigenvalue weighted by Crippen LogP contribution is 2.34. The van der Waals surface area contributed by atoms with Gasteiger partial charge in [0.2, 0.25) is 5.91 Å². The van der Waals surface area contributed by atoms with Crippen molar-refractivity contribution in [2.24, 2.45) is 0 Å². The lowest BCUT2D eigenvalue weighted by Crippen LogP contribution is -2.33. The van der Waals surface area contributed by atoms with E-state index in [1.54, 1.807) is 30.3 Å². The van der Waals surface area contributed by atoms with Gasteiger partial charge in [0.1, 0.15) is 4.90 Å². The summed E-state index contributed by atoms with van der Waals surface area (Å²) in [6.07, 6.45) is -3.02. The number of halogens is 3. The summed E-state index contributed by atoms with van der Waals surface area (Å²) in [5.41, 5.74) is -0.221. The number of aromatic nitrogens is 4. The van der Waals surface area contributed by atoms with Crippen LogP contribution in [-0.4, -0.2) is 49.9 Å². The van der Waals surface area contributed by atoms with E-state index in [0.29, 0.717) is 15.2 Å². The number of carbonyl (C=O) groups is 1. The molecule has 1 aliphatic rings. The van der Waals surface area contributed by atoms with E-state index in [2.05, 4.69) is 10.2 Å². The van der Waals surface area contributed by atoms with Crippen molar-refractivity contribution in [3.63, 3.8) is 0 Å². The Morgan fingerprint density at radius 2 is 1.85 bits per heavy atom. The number of hydrogen-bond donors (Lipinski definition) is 1. The molecule has 33 heavy (non-hydrogen) atoms. The first-order chi connectivity index (χ1) is 15.6. The minimum Gasteiger partial charge on any atom is -0.395 e. The summed E-state index contributed by atoms with van der Waals surface area (Å²) in [5.74, 6) is -1.15. The van der Waals surface area contributed by atoms with E-state index in [-0.39, 0.29) is 31.2 Å². The van der Waals surface area contributed by atoms with E-state index in [4.69, 9.17) is 0 Å². The third-order valence-electron chi connectivity index (χ3n) is 5.40. The van der Waals surface area contributed by atoms with Gasteiger partial charge in [0.25, 0.3) is 10.0 Å². The quantitative estimate of drug-likeness (QED) is 0.574. The maximum Gasteiger partial charge on any atom is 0.436 e. The molecule has 0 bridgehead atoms. The molecule has 0 radical (unpaired) electrons. The lowest BCUT2D eigenvalue weighted by Gasteiger charge is -2.22. The van der Waals surface area contributed by atoms with Crippen molar-refractivity contribution in [2.45, 2.75) is 43.5 Å². The average molecular weight is 483 g/mol. The van der Waals surface area contributed by atoms with Gasteiger partial charge in [-0.2, -0.15) is 35.9 Å². The molecule has 3 heterocycles. The van der Waals surface area contributed by atoms with Gasteiger partial charge in [-0.1, -0.05) is 30.3 Å². The monoisotopic (exact) mass is 483 g/mol. The molecule has 1 amide bonds. The summed E-state index contributed by atoms with van der Waals surface area (Å²) in [6, 6.07) is 8.71. The van der Waals surface area contributed by atoms with Crippen molar-refractivity contribution in [1.82, 2.24) is 23.9 Å². The molecule has 0 fully saturated rings. The maximum atomic E-state index is 13.4. The standard InChI is InChI=1S/C20H20F3N5O4S/c1-2-27-11-17(18(25-27)20(21,22)23)33(31,32)28-9-14-8-26(10-16(14)24-28)19(30)15(12-29)13-6-4-3-5-7-13/h3-7,9,11,15,29H,2,8,10,12H2,1H3/t15-/m1/s1. The minimum absolute atomic E-state index is 0.0212. The van der Waals surface area contributed by atoms with Crippen LogP contribution in [0.5, 0.6) is 0 Å². The lowest BCUT2D eigenvalue weighted by atomic mass is 9.98. The average Bonchev–Trinajstić information content (AvgIpc) is 3.48. The van der Waals surface area contributed by atoms with Gasteiger partial charge >= 0.3 is 6.18 Å². The highest BCUT2D eigenvalue weighted by molar-refractivity contribution is 7.89. The molecule has 0 aliphatic carbocycles. The molecule has 13 heteroatoms. The van der Waals surface area contributed by atoms with Gasteiger partial charge in [0, 0.05) is 31.0 Å². The molecule has 1 atom stereocenters. The van der Waals surface area contributed by atoms with Gasteiger partial charge in [-0.25, -0.2) is 0 Å². The smallest absolute Gasteiger partial charge is 0.395 e. The molecule has 1 aliphatic heterocycles. The Morgan fingerprint density at radius 3 is 2.42 bits per heavy atom. The van der Waals surface area contributed by atoms with Gasteiger partial charge in [0.05, 0.1) is 24.8 Å². The predicted octanol–water partition coefficient (Wildman–Crippen LogP) is 1.97. The van der Waals surface area contributed by atoms with Crippen LogP contribution in [0.2, 0.25) is 0 Å². The van der Waals surface area contributed by atoms with Crippen molar-refractivity contribution >= 4 is 15.9 Å². The number of carbonyl (C=O) groups excluding carboxylic acids is 1. The van der Waals surface area contributed by atoms with Crippen LogP contribution in [0, 0.1) is 0 Å². The fourth-order valence-corrected chi connectivity index (χ4v) is 5.02. The second-order valence-corrected chi connectivity index (χ2v) is 9.28. The zero-order valence-electron chi connectivity index (χ0n) is 17.4. The molecule has 4 rings (SSSR count). The van der Waals surface area contributed by atoms with E-state index < -0.39 is 39.3 Å². The van der Waals surface area contributed by atoms with Gasteiger partial charge in [0.15, 0.2) is 5.69 Å². The van der Waals surface area contributed by atoms with Crippen molar-refractivity contribution in [2.75, 3.05) is 6.61 Å². The Kier molecular flexibility index (Phi) is 5.78. The number of nitrogens with zero attached hydrogens (tertiary/aromatic N) is 5. The number of aryl methyl sites for hydroxylation is 1. The number of aliphatic hydroxyl groups is 1. The van der Waals surface area contributed by atoms with Crippen molar-refractivity contribution in [3.05, 3.63) is 65.2 Å². The van der Waals surface area contributed by atoms with Gasteiger partial charge in [-0.15, -0.1) is 0 Å². The Morgan fingerprint density at radius 1 is 1.15 bits per heavy atom. The molecular formula is C20H20F3N5O4S. The van der Waals surface area contributed by atoms with Gasteiger partial charge < -0.3 is 10.0 Å². The van der Waals surface area contributed by atoms with E-state index in [1.807, 2.05) is 0 Å². The van der Waals surface area contributed by atoms with E-state index in [9.17, 15) is 31.5 Å². The molecule has 1 N–H and O–H groups in total. The van der Waals surface area contributed by atoms with Crippen LogP contribution in [0.3, 0.4) is 0 Å². The number of amides is 1. The molecule has 176 valence electrons. The van der Waals surface area contributed by atoms with E-state index in [1.165, 1.54) is 11.8 Å². The Labute approximate surface area is 187 Å². The van der Waals surface area contributed by atoms with Crippen LogP contribution < -0.4 is 0 Å². The van der Waals surface area contributed by atoms with Crippen molar-refractivity contribution in [1.29, 1.82) is 0 Å². The molecule has 1 aromatic carbocycles. The lowest BCUT2D eigenvalue weighted by molar-refractivity contribution is -0.143. The molecule has 0 unspecified atom stereocenters. The van der Waals surface area contributed by atoms with Crippen LogP contribution >= 0.6 is 0 Å².